The van der Waals surface area contributed by atoms with E-state index in [1.54, 1.807) is 11.8 Å². The first-order valence-electron chi connectivity index (χ1n) is 5.09. The molecule has 1 aromatic carbocycles. The lowest BCUT2D eigenvalue weighted by atomic mass is 10.1. The molecule has 1 fully saturated rings. The molecule has 0 bridgehead atoms. The van der Waals surface area contributed by atoms with Gasteiger partial charge in [-0.3, -0.25) is 0 Å². The van der Waals surface area contributed by atoms with Gasteiger partial charge in [0.1, 0.15) is 12.3 Å². The maximum Gasteiger partial charge on any atom is 0.132 e. The number of aryl methyl sites for hydroxylation is 1. The Kier molecular flexibility index (Phi) is 3.03. The van der Waals surface area contributed by atoms with Crippen LogP contribution in [0, 0.1) is 6.92 Å². The molecular weight excluding hydrogens is 211 g/mol. The molecule has 1 nitrogen and oxygen atoms in total. The first-order chi connectivity index (χ1) is 7.16. The summed E-state index contributed by atoms with van der Waals surface area (Å²) in [6, 6.07) is 8.30. The van der Waals surface area contributed by atoms with Crippen LogP contribution >= 0.6 is 11.8 Å². The second kappa shape index (κ2) is 4.14. The van der Waals surface area contributed by atoms with Gasteiger partial charge in [-0.25, -0.2) is 4.39 Å². The van der Waals surface area contributed by atoms with Gasteiger partial charge in [0.15, 0.2) is 0 Å². The quantitative estimate of drug-likeness (QED) is 0.577. The van der Waals surface area contributed by atoms with E-state index in [1.807, 2.05) is 6.92 Å². The molecule has 0 aliphatic carbocycles. The average Bonchev–Trinajstić information content (AvgIpc) is 3.02. The normalized spacial score (nSPS) is 26.3. The van der Waals surface area contributed by atoms with Gasteiger partial charge in [-0.05, 0) is 26.0 Å². The molecule has 1 aromatic rings. The van der Waals surface area contributed by atoms with Crippen LogP contribution in [0.2, 0.25) is 0 Å². The number of alkyl halides is 1. The van der Waals surface area contributed by atoms with Gasteiger partial charge in [0.05, 0.1) is 6.61 Å². The number of thioether (sulfide) groups is 1. The highest BCUT2D eigenvalue weighted by Gasteiger charge is 2.50. The van der Waals surface area contributed by atoms with Crippen LogP contribution in [0.15, 0.2) is 29.2 Å². The highest BCUT2D eigenvalue weighted by atomic mass is 32.2. The zero-order valence-electron chi connectivity index (χ0n) is 9.00. The van der Waals surface area contributed by atoms with E-state index in [0.29, 0.717) is 6.61 Å². The van der Waals surface area contributed by atoms with Crippen molar-refractivity contribution in [2.24, 2.45) is 0 Å². The van der Waals surface area contributed by atoms with Crippen molar-refractivity contribution in [3.05, 3.63) is 29.8 Å². The van der Waals surface area contributed by atoms with Gasteiger partial charge < -0.3 is 4.74 Å². The topological polar surface area (TPSA) is 12.5 Å². The molecule has 2 rings (SSSR count). The predicted octanol–water partition coefficient (Wildman–Crippen LogP) is 3.21. The number of benzene rings is 1. The third-order valence-corrected chi connectivity index (χ3v) is 4.14. The van der Waals surface area contributed by atoms with Crippen molar-refractivity contribution in [2.45, 2.75) is 29.6 Å². The third kappa shape index (κ3) is 2.34. The number of hydrogen-bond acceptors (Lipinski definition) is 2. The van der Waals surface area contributed by atoms with Crippen LogP contribution in [0.3, 0.4) is 0 Å². The Balaban J connectivity index is 2.00. The SMILES string of the molecule is Cc1ccc(S[C@@H](C)[C@]2(CF)CO2)cc1. The molecule has 2 atom stereocenters. The highest BCUT2D eigenvalue weighted by Crippen LogP contribution is 2.40. The monoisotopic (exact) mass is 226 g/mol. The number of epoxide rings is 1. The van der Waals surface area contributed by atoms with Gasteiger partial charge in [-0.2, -0.15) is 0 Å². The Hall–Kier alpha value is -0.540. The van der Waals surface area contributed by atoms with E-state index in [9.17, 15) is 4.39 Å². The largest absolute Gasteiger partial charge is 0.366 e. The average molecular weight is 226 g/mol. The molecule has 1 aliphatic rings. The van der Waals surface area contributed by atoms with E-state index in [1.165, 1.54) is 10.5 Å². The van der Waals surface area contributed by atoms with Gasteiger partial charge >= 0.3 is 0 Å². The summed E-state index contributed by atoms with van der Waals surface area (Å²) in [5.41, 5.74) is 0.741. The molecule has 0 saturated carbocycles. The number of hydrogen-bond donors (Lipinski definition) is 0. The van der Waals surface area contributed by atoms with Gasteiger partial charge in [-0.1, -0.05) is 17.7 Å². The van der Waals surface area contributed by atoms with E-state index < -0.39 is 5.60 Å². The fourth-order valence-electron chi connectivity index (χ4n) is 1.44. The van der Waals surface area contributed by atoms with Crippen LogP contribution in [0.5, 0.6) is 0 Å². The minimum absolute atomic E-state index is 0.171. The molecule has 0 amide bonds. The summed E-state index contributed by atoms with van der Waals surface area (Å²) in [4.78, 5) is 1.18. The summed E-state index contributed by atoms with van der Waals surface area (Å²) >= 11 is 1.68. The molecule has 0 N–H and O–H groups in total. The number of ether oxygens (including phenoxy) is 1. The first kappa shape index (κ1) is 11.0. The van der Waals surface area contributed by atoms with Crippen molar-refractivity contribution in [1.29, 1.82) is 0 Å². The maximum atomic E-state index is 12.7. The highest BCUT2D eigenvalue weighted by molar-refractivity contribution is 8.00. The fraction of sp³-hybridized carbons (Fsp3) is 0.500. The van der Waals surface area contributed by atoms with Crippen molar-refractivity contribution in [2.75, 3.05) is 13.3 Å². The van der Waals surface area contributed by atoms with Gasteiger partial charge in [0.25, 0.3) is 0 Å². The lowest BCUT2D eigenvalue weighted by Gasteiger charge is -2.16. The Labute approximate surface area is 94.0 Å². The van der Waals surface area contributed by atoms with Gasteiger partial charge in [-0.15, -0.1) is 11.8 Å². The second-order valence-electron chi connectivity index (χ2n) is 4.06. The van der Waals surface area contributed by atoms with Gasteiger partial charge in [0.2, 0.25) is 0 Å². The van der Waals surface area contributed by atoms with Crippen LogP contribution < -0.4 is 0 Å². The molecule has 82 valence electrons. The van der Waals surface area contributed by atoms with Crippen LogP contribution in [0.25, 0.3) is 0 Å². The minimum atomic E-state index is -0.504. The third-order valence-electron chi connectivity index (χ3n) is 2.82. The molecule has 0 spiro atoms. The first-order valence-corrected chi connectivity index (χ1v) is 5.97. The Morgan fingerprint density at radius 1 is 1.47 bits per heavy atom. The lowest BCUT2D eigenvalue weighted by molar-refractivity contribution is 0.245. The predicted molar refractivity (Wildman–Crippen MR) is 61.2 cm³/mol. The van der Waals surface area contributed by atoms with Crippen molar-refractivity contribution in [3.8, 4) is 0 Å². The van der Waals surface area contributed by atoms with Crippen LogP contribution in [0.1, 0.15) is 12.5 Å². The Morgan fingerprint density at radius 3 is 2.53 bits per heavy atom. The van der Waals surface area contributed by atoms with E-state index >= 15 is 0 Å². The summed E-state index contributed by atoms with van der Waals surface area (Å²) < 4.78 is 17.9. The molecule has 15 heavy (non-hydrogen) atoms. The molecule has 1 saturated heterocycles. The van der Waals surface area contributed by atoms with Crippen molar-refractivity contribution < 1.29 is 9.13 Å². The zero-order valence-corrected chi connectivity index (χ0v) is 9.81. The molecule has 0 unspecified atom stereocenters. The molecule has 3 heteroatoms. The lowest BCUT2D eigenvalue weighted by Crippen LogP contribution is -2.26. The zero-order chi connectivity index (χ0) is 10.9. The Bertz CT molecular complexity index is 332. The molecule has 0 aromatic heterocycles. The second-order valence-corrected chi connectivity index (χ2v) is 5.47. The van der Waals surface area contributed by atoms with Crippen molar-refractivity contribution in [3.63, 3.8) is 0 Å². The van der Waals surface area contributed by atoms with E-state index in [2.05, 4.69) is 31.2 Å². The summed E-state index contributed by atoms with van der Waals surface area (Å²) in [6.45, 7) is 4.26. The number of halogens is 1. The summed E-state index contributed by atoms with van der Waals surface area (Å²) in [5.74, 6) is 0. The molecule has 0 radical (unpaired) electrons. The van der Waals surface area contributed by atoms with E-state index in [-0.39, 0.29) is 11.9 Å². The smallest absolute Gasteiger partial charge is 0.132 e. The van der Waals surface area contributed by atoms with Crippen LogP contribution in [-0.4, -0.2) is 24.1 Å². The van der Waals surface area contributed by atoms with Crippen LogP contribution in [-0.2, 0) is 4.74 Å². The van der Waals surface area contributed by atoms with Gasteiger partial charge in [0, 0.05) is 10.1 Å². The van der Waals surface area contributed by atoms with Crippen molar-refractivity contribution in [1.82, 2.24) is 0 Å². The molecular formula is C12H15FOS. The molecule has 1 heterocycles. The Morgan fingerprint density at radius 2 is 2.07 bits per heavy atom. The van der Waals surface area contributed by atoms with Crippen molar-refractivity contribution >= 4 is 11.8 Å². The fourth-order valence-corrected chi connectivity index (χ4v) is 2.56. The summed E-state index contributed by atoms with van der Waals surface area (Å²) in [6.07, 6.45) is 0. The maximum absolute atomic E-state index is 12.7. The minimum Gasteiger partial charge on any atom is -0.366 e. The number of rotatable bonds is 4. The van der Waals surface area contributed by atoms with E-state index in [4.69, 9.17) is 4.74 Å². The molecule has 1 aliphatic heterocycles. The summed E-state index contributed by atoms with van der Waals surface area (Å²) in [5, 5.41) is 0.171. The van der Waals surface area contributed by atoms with Crippen LogP contribution in [0.4, 0.5) is 4.39 Å². The standard InChI is InChI=1S/C12H15FOS/c1-9-3-5-11(6-4-9)15-10(2)12(7-13)8-14-12/h3-6,10H,7-8H2,1-2H3/t10-,12-/m0/s1. The summed E-state index contributed by atoms with van der Waals surface area (Å²) in [7, 11) is 0. The van der Waals surface area contributed by atoms with E-state index in [0.717, 1.165) is 0 Å².